The molecule has 0 saturated carbocycles. The molecule has 33 heavy (non-hydrogen) atoms. The smallest absolute Gasteiger partial charge is 0.339 e. The summed E-state index contributed by atoms with van der Waals surface area (Å²) in [6.07, 6.45) is 1.32. The first-order valence-corrected chi connectivity index (χ1v) is 11.4. The molecule has 3 aromatic carbocycles. The van der Waals surface area contributed by atoms with E-state index >= 15 is 0 Å². The Hall–Kier alpha value is -3.80. The fraction of sp³-hybridized carbons (Fsp3) is 0.0833. The van der Waals surface area contributed by atoms with Crippen LogP contribution in [0.1, 0.15) is 11.1 Å². The average molecular weight is 483 g/mol. The minimum absolute atomic E-state index is 0.0234. The number of benzene rings is 3. The van der Waals surface area contributed by atoms with E-state index in [1.807, 2.05) is 36.4 Å². The van der Waals surface area contributed by atoms with Gasteiger partial charge < -0.3 is 14.2 Å². The van der Waals surface area contributed by atoms with Crippen molar-refractivity contribution < 1.29 is 22.1 Å². The van der Waals surface area contributed by atoms with Crippen LogP contribution < -0.4 is 14.2 Å². The number of hydrogen-bond acceptors (Lipinski definition) is 6. The molecule has 0 saturated heterocycles. The van der Waals surface area contributed by atoms with Crippen molar-refractivity contribution in [2.45, 2.75) is 11.4 Å². The maximum atomic E-state index is 12.6. The standard InChI is InChI=1S/C24H19ClN2O5S/c1-31-22-14-18(12-19(15-26)24(28)27-16-17-8-4-2-5-9-17)13-21(25)23(22)32-33(29,30)20-10-6-3-7-11-20/h2-14H,16H2,1H3,(H,27,28)/b19-12+. The van der Waals surface area contributed by atoms with Crippen molar-refractivity contribution in [2.24, 2.45) is 0 Å². The van der Waals surface area contributed by atoms with Gasteiger partial charge in [-0.2, -0.15) is 13.7 Å². The Morgan fingerprint density at radius 1 is 1.09 bits per heavy atom. The van der Waals surface area contributed by atoms with E-state index < -0.39 is 16.0 Å². The van der Waals surface area contributed by atoms with Gasteiger partial charge in [-0.15, -0.1) is 0 Å². The van der Waals surface area contributed by atoms with Crippen LogP contribution in [0.15, 0.2) is 83.3 Å². The highest BCUT2D eigenvalue weighted by Crippen LogP contribution is 2.38. The van der Waals surface area contributed by atoms with Crippen molar-refractivity contribution in [1.82, 2.24) is 5.32 Å². The summed E-state index contributed by atoms with van der Waals surface area (Å²) < 4.78 is 35.6. The maximum absolute atomic E-state index is 12.6. The zero-order valence-electron chi connectivity index (χ0n) is 17.5. The molecule has 0 atom stereocenters. The average Bonchev–Trinajstić information content (AvgIpc) is 2.83. The largest absolute Gasteiger partial charge is 0.493 e. The van der Waals surface area contributed by atoms with Crippen molar-refractivity contribution in [2.75, 3.05) is 7.11 Å². The van der Waals surface area contributed by atoms with E-state index in [1.165, 1.54) is 37.5 Å². The lowest BCUT2D eigenvalue weighted by Gasteiger charge is -2.13. The molecule has 0 aliphatic rings. The van der Waals surface area contributed by atoms with Crippen molar-refractivity contribution in [3.05, 3.63) is 94.5 Å². The van der Waals surface area contributed by atoms with Crippen LogP contribution >= 0.6 is 11.6 Å². The van der Waals surface area contributed by atoms with Crippen molar-refractivity contribution in [3.63, 3.8) is 0 Å². The number of rotatable bonds is 8. The molecule has 0 spiro atoms. The number of carbonyl (C=O) groups is 1. The molecule has 1 amide bonds. The number of methoxy groups -OCH3 is 1. The second-order valence-corrected chi connectivity index (χ2v) is 8.68. The van der Waals surface area contributed by atoms with Gasteiger partial charge >= 0.3 is 10.1 Å². The van der Waals surface area contributed by atoms with Crippen LogP contribution in [0, 0.1) is 11.3 Å². The molecule has 1 N–H and O–H groups in total. The van der Waals surface area contributed by atoms with Gasteiger partial charge in [-0.25, -0.2) is 0 Å². The van der Waals surface area contributed by atoms with Gasteiger partial charge in [-0.1, -0.05) is 60.1 Å². The summed E-state index contributed by atoms with van der Waals surface area (Å²) in [7, 11) is -2.83. The zero-order valence-corrected chi connectivity index (χ0v) is 19.1. The maximum Gasteiger partial charge on any atom is 0.339 e. The van der Waals surface area contributed by atoms with E-state index in [-0.39, 0.29) is 33.5 Å². The number of nitrogens with one attached hydrogen (secondary N) is 1. The molecular weight excluding hydrogens is 464 g/mol. The first-order valence-electron chi connectivity index (χ1n) is 9.65. The topological polar surface area (TPSA) is 105 Å². The number of ether oxygens (including phenoxy) is 1. The lowest BCUT2D eigenvalue weighted by Crippen LogP contribution is -2.23. The van der Waals surface area contributed by atoms with Gasteiger partial charge in [0.25, 0.3) is 5.91 Å². The van der Waals surface area contributed by atoms with Gasteiger partial charge in [0.1, 0.15) is 16.5 Å². The summed E-state index contributed by atoms with van der Waals surface area (Å²) in [5, 5.41) is 12.0. The molecule has 3 aromatic rings. The number of carbonyl (C=O) groups excluding carboxylic acids is 1. The van der Waals surface area contributed by atoms with E-state index in [1.54, 1.807) is 18.2 Å². The number of halogens is 1. The van der Waals surface area contributed by atoms with Gasteiger partial charge in [0.15, 0.2) is 5.75 Å². The molecule has 168 valence electrons. The highest BCUT2D eigenvalue weighted by Gasteiger charge is 2.22. The van der Waals surface area contributed by atoms with Gasteiger partial charge in [-0.3, -0.25) is 4.79 Å². The Labute approximate surface area is 197 Å². The van der Waals surface area contributed by atoms with Crippen molar-refractivity contribution in [3.8, 4) is 17.6 Å². The fourth-order valence-corrected chi connectivity index (χ4v) is 4.12. The molecule has 9 heteroatoms. The summed E-state index contributed by atoms with van der Waals surface area (Å²) in [6, 6.07) is 21.5. The lowest BCUT2D eigenvalue weighted by molar-refractivity contribution is -0.117. The SMILES string of the molecule is COc1cc(/C=C(\C#N)C(=O)NCc2ccccc2)cc(Cl)c1OS(=O)(=O)c1ccccc1. The summed E-state index contributed by atoms with van der Waals surface area (Å²) in [6.45, 7) is 0.257. The summed E-state index contributed by atoms with van der Waals surface area (Å²) in [4.78, 5) is 12.4. The van der Waals surface area contributed by atoms with Crippen LogP contribution in [0.4, 0.5) is 0 Å². The minimum Gasteiger partial charge on any atom is -0.493 e. The molecule has 0 fully saturated rings. The molecule has 0 aliphatic carbocycles. The predicted molar refractivity (Wildman–Crippen MR) is 124 cm³/mol. The molecule has 0 aromatic heterocycles. The second kappa shape index (κ2) is 10.7. The third-order valence-electron chi connectivity index (χ3n) is 4.45. The third-order valence-corrected chi connectivity index (χ3v) is 5.97. The third kappa shape index (κ3) is 6.13. The van der Waals surface area contributed by atoms with E-state index in [2.05, 4.69) is 5.32 Å². The Morgan fingerprint density at radius 2 is 1.73 bits per heavy atom. The summed E-state index contributed by atoms with van der Waals surface area (Å²) in [5.41, 5.74) is 1.08. The van der Waals surface area contributed by atoms with Crippen LogP contribution in [0.3, 0.4) is 0 Å². The van der Waals surface area contributed by atoms with E-state index in [9.17, 15) is 18.5 Å². The minimum atomic E-state index is -4.15. The Kier molecular flexibility index (Phi) is 7.72. The van der Waals surface area contributed by atoms with Gasteiger partial charge in [0.2, 0.25) is 5.75 Å². The number of nitrogens with zero attached hydrogens (tertiary/aromatic N) is 1. The lowest BCUT2D eigenvalue weighted by atomic mass is 10.1. The first-order chi connectivity index (χ1) is 15.8. The molecule has 0 aliphatic heterocycles. The zero-order chi connectivity index (χ0) is 23.8. The number of nitriles is 1. The predicted octanol–water partition coefficient (Wildman–Crippen LogP) is 4.34. The van der Waals surface area contributed by atoms with E-state index in [4.69, 9.17) is 20.5 Å². The van der Waals surface area contributed by atoms with Gasteiger partial charge in [0.05, 0.1) is 12.1 Å². The highest BCUT2D eigenvalue weighted by molar-refractivity contribution is 7.87. The van der Waals surface area contributed by atoms with Gasteiger partial charge in [-0.05, 0) is 41.5 Å². The van der Waals surface area contributed by atoms with Crippen molar-refractivity contribution in [1.29, 1.82) is 5.26 Å². The van der Waals surface area contributed by atoms with E-state index in [0.29, 0.717) is 5.56 Å². The molecule has 0 heterocycles. The Morgan fingerprint density at radius 3 is 2.33 bits per heavy atom. The van der Waals surface area contributed by atoms with Crippen LogP contribution in [0.2, 0.25) is 5.02 Å². The van der Waals surface area contributed by atoms with Crippen LogP contribution in [0.25, 0.3) is 6.08 Å². The second-order valence-electron chi connectivity index (χ2n) is 6.72. The quantitative estimate of drug-likeness (QED) is 0.291. The molecular formula is C24H19ClN2O5S. The summed E-state index contributed by atoms with van der Waals surface area (Å²) in [5.74, 6) is -0.745. The van der Waals surface area contributed by atoms with Crippen LogP contribution in [-0.2, 0) is 21.5 Å². The molecule has 0 bridgehead atoms. The molecule has 7 nitrogen and oxygen atoms in total. The monoisotopic (exact) mass is 482 g/mol. The first kappa shape index (κ1) is 23.9. The summed E-state index contributed by atoms with van der Waals surface area (Å²) >= 11 is 6.27. The van der Waals surface area contributed by atoms with Crippen LogP contribution in [-0.4, -0.2) is 21.4 Å². The molecule has 0 unspecified atom stereocenters. The van der Waals surface area contributed by atoms with Crippen LogP contribution in [0.5, 0.6) is 11.5 Å². The number of hydrogen-bond donors (Lipinski definition) is 1. The molecule has 3 rings (SSSR count). The van der Waals surface area contributed by atoms with Gasteiger partial charge in [0, 0.05) is 6.54 Å². The fourth-order valence-electron chi connectivity index (χ4n) is 2.84. The number of amides is 1. The Bertz CT molecular complexity index is 1320. The normalized spacial score (nSPS) is 11.4. The highest BCUT2D eigenvalue weighted by atomic mass is 35.5. The van der Waals surface area contributed by atoms with E-state index in [0.717, 1.165) is 5.56 Å². The molecule has 0 radical (unpaired) electrons. The van der Waals surface area contributed by atoms with Crippen molar-refractivity contribution >= 4 is 33.7 Å². The Balaban J connectivity index is 1.85.